The van der Waals surface area contributed by atoms with Crippen molar-refractivity contribution in [3.8, 4) is 0 Å². The number of carbonyl (C=O) groups excluding carboxylic acids is 1. The fraction of sp³-hybridized carbons (Fsp3) is 0.667. The van der Waals surface area contributed by atoms with Crippen LogP contribution in [0.5, 0.6) is 0 Å². The Morgan fingerprint density at radius 1 is 1.12 bits per heavy atom. The Balaban J connectivity index is 1.66. The molecule has 1 aromatic carbocycles. The molecule has 1 saturated carbocycles. The lowest BCUT2D eigenvalue weighted by molar-refractivity contribution is -0.134. The summed E-state index contributed by atoms with van der Waals surface area (Å²) in [5.41, 5.74) is 1.54. The lowest BCUT2D eigenvalue weighted by Gasteiger charge is -2.29. The lowest BCUT2D eigenvalue weighted by Crippen LogP contribution is -2.40. The van der Waals surface area contributed by atoms with Gasteiger partial charge in [-0.05, 0) is 56.4 Å². The number of hydrogen-bond acceptors (Lipinski definition) is 3. The van der Waals surface area contributed by atoms with Crippen LogP contribution >= 0.6 is 0 Å². The van der Waals surface area contributed by atoms with Crippen molar-refractivity contribution >= 4 is 5.91 Å². The van der Waals surface area contributed by atoms with Crippen LogP contribution in [-0.4, -0.2) is 55.0 Å². The van der Waals surface area contributed by atoms with E-state index in [9.17, 15) is 4.79 Å². The van der Waals surface area contributed by atoms with Gasteiger partial charge in [-0.2, -0.15) is 0 Å². The number of amides is 1. The number of nitrogens with zero attached hydrogens (tertiary/aromatic N) is 2. The number of hydrogen-bond donors (Lipinski definition) is 1. The van der Waals surface area contributed by atoms with E-state index in [1.807, 2.05) is 6.07 Å². The third-order valence-corrected chi connectivity index (χ3v) is 6.20. The molecule has 1 aliphatic carbocycles. The summed E-state index contributed by atoms with van der Waals surface area (Å²) >= 11 is 0. The normalized spacial score (nSPS) is 21.5. The topological polar surface area (TPSA) is 35.6 Å². The Morgan fingerprint density at radius 3 is 2.44 bits per heavy atom. The van der Waals surface area contributed by atoms with E-state index in [1.54, 1.807) is 0 Å². The van der Waals surface area contributed by atoms with Crippen LogP contribution in [0.2, 0.25) is 0 Å². The highest BCUT2D eigenvalue weighted by atomic mass is 16.2. The number of rotatable bonds is 8. The molecule has 1 unspecified atom stereocenters. The molecule has 1 amide bonds. The highest BCUT2D eigenvalue weighted by molar-refractivity contribution is 5.82. The SMILES string of the molecule is CCN(CC)CCN(Cc1ccccc1)C(=O)C1CC12CCNCC2. The molecule has 1 saturated heterocycles. The molecule has 1 N–H and O–H groups in total. The number of likely N-dealkylation sites (N-methyl/N-ethyl adjacent to an activating group) is 1. The van der Waals surface area contributed by atoms with Gasteiger partial charge in [0, 0.05) is 25.6 Å². The Kier molecular flexibility index (Phi) is 6.13. The minimum absolute atomic E-state index is 0.259. The summed E-state index contributed by atoms with van der Waals surface area (Å²) in [4.78, 5) is 17.8. The third-order valence-electron chi connectivity index (χ3n) is 6.20. The second kappa shape index (κ2) is 8.33. The molecule has 1 heterocycles. The summed E-state index contributed by atoms with van der Waals surface area (Å²) in [6.45, 7) is 11.2. The smallest absolute Gasteiger partial charge is 0.226 e. The molecule has 0 bridgehead atoms. The Morgan fingerprint density at radius 2 is 1.80 bits per heavy atom. The summed E-state index contributed by atoms with van der Waals surface area (Å²) in [6.07, 6.45) is 3.43. The molecule has 1 spiro atoms. The van der Waals surface area contributed by atoms with Crippen molar-refractivity contribution in [3.63, 3.8) is 0 Å². The third kappa shape index (κ3) is 4.42. The fourth-order valence-corrected chi connectivity index (χ4v) is 4.27. The molecule has 3 rings (SSSR count). The Hall–Kier alpha value is -1.39. The first kappa shape index (κ1) is 18.4. The van der Waals surface area contributed by atoms with Gasteiger partial charge in [0.2, 0.25) is 5.91 Å². The average Bonchev–Trinajstić information content (AvgIpc) is 3.35. The lowest BCUT2D eigenvalue weighted by atomic mass is 9.91. The summed E-state index contributed by atoms with van der Waals surface area (Å²) in [7, 11) is 0. The van der Waals surface area contributed by atoms with E-state index < -0.39 is 0 Å². The molecule has 0 radical (unpaired) electrons. The van der Waals surface area contributed by atoms with Crippen LogP contribution in [0.3, 0.4) is 0 Å². The maximum atomic E-state index is 13.3. The van der Waals surface area contributed by atoms with Crippen LogP contribution in [0, 0.1) is 11.3 Å². The Labute approximate surface area is 152 Å². The molecule has 2 fully saturated rings. The molecule has 2 aliphatic rings. The van der Waals surface area contributed by atoms with Gasteiger partial charge in [0.05, 0.1) is 0 Å². The first-order valence-electron chi connectivity index (χ1n) is 9.94. The van der Waals surface area contributed by atoms with E-state index >= 15 is 0 Å². The minimum Gasteiger partial charge on any atom is -0.337 e. The molecule has 1 atom stereocenters. The van der Waals surface area contributed by atoms with Gasteiger partial charge in [0.15, 0.2) is 0 Å². The first-order valence-corrected chi connectivity index (χ1v) is 9.94. The highest BCUT2D eigenvalue weighted by Gasteiger charge is 2.58. The van der Waals surface area contributed by atoms with E-state index in [0.29, 0.717) is 11.3 Å². The standard InChI is InChI=1S/C21H33N3O/c1-3-23(4-2)14-15-24(17-18-8-6-5-7-9-18)20(25)19-16-21(19)10-12-22-13-11-21/h5-9,19,22H,3-4,10-17H2,1-2H3. The molecule has 4 nitrogen and oxygen atoms in total. The molecule has 4 heteroatoms. The van der Waals surface area contributed by atoms with Gasteiger partial charge in [0.25, 0.3) is 0 Å². The second-order valence-electron chi connectivity index (χ2n) is 7.64. The van der Waals surface area contributed by atoms with E-state index in [1.165, 1.54) is 18.4 Å². The maximum Gasteiger partial charge on any atom is 0.226 e. The zero-order valence-corrected chi connectivity index (χ0v) is 15.8. The summed E-state index contributed by atoms with van der Waals surface area (Å²) in [5, 5.41) is 3.43. The fourth-order valence-electron chi connectivity index (χ4n) is 4.27. The number of piperidine rings is 1. The van der Waals surface area contributed by atoms with Crippen molar-refractivity contribution in [1.29, 1.82) is 0 Å². The quantitative estimate of drug-likeness (QED) is 0.788. The van der Waals surface area contributed by atoms with Crippen molar-refractivity contribution in [2.45, 2.75) is 39.7 Å². The van der Waals surface area contributed by atoms with Crippen LogP contribution in [-0.2, 0) is 11.3 Å². The zero-order chi connectivity index (χ0) is 17.7. The molecular formula is C21H33N3O. The van der Waals surface area contributed by atoms with Gasteiger partial charge in [-0.1, -0.05) is 44.2 Å². The molecule has 1 aliphatic heterocycles. The summed E-state index contributed by atoms with van der Waals surface area (Å²) < 4.78 is 0. The van der Waals surface area contributed by atoms with Gasteiger partial charge in [-0.3, -0.25) is 4.79 Å². The molecule has 25 heavy (non-hydrogen) atoms. The van der Waals surface area contributed by atoms with Crippen molar-refractivity contribution in [2.75, 3.05) is 39.3 Å². The predicted molar refractivity (Wildman–Crippen MR) is 102 cm³/mol. The van der Waals surface area contributed by atoms with Crippen LogP contribution in [0.1, 0.15) is 38.7 Å². The van der Waals surface area contributed by atoms with E-state index in [0.717, 1.165) is 52.2 Å². The van der Waals surface area contributed by atoms with Gasteiger partial charge in [-0.25, -0.2) is 0 Å². The molecule has 138 valence electrons. The van der Waals surface area contributed by atoms with E-state index in [2.05, 4.69) is 53.2 Å². The van der Waals surface area contributed by atoms with E-state index in [-0.39, 0.29) is 5.92 Å². The second-order valence-corrected chi connectivity index (χ2v) is 7.64. The van der Waals surface area contributed by atoms with Gasteiger partial charge >= 0.3 is 0 Å². The maximum absolute atomic E-state index is 13.3. The van der Waals surface area contributed by atoms with E-state index in [4.69, 9.17) is 0 Å². The van der Waals surface area contributed by atoms with Crippen molar-refractivity contribution in [2.24, 2.45) is 11.3 Å². The largest absolute Gasteiger partial charge is 0.337 e. The van der Waals surface area contributed by atoms with Gasteiger partial charge in [-0.15, -0.1) is 0 Å². The number of benzene rings is 1. The number of carbonyl (C=O) groups is 1. The van der Waals surface area contributed by atoms with Crippen LogP contribution in [0.4, 0.5) is 0 Å². The van der Waals surface area contributed by atoms with Gasteiger partial charge < -0.3 is 15.1 Å². The molecule has 1 aromatic rings. The monoisotopic (exact) mass is 343 g/mol. The summed E-state index contributed by atoms with van der Waals surface area (Å²) in [5.74, 6) is 0.646. The Bertz CT molecular complexity index is 550. The van der Waals surface area contributed by atoms with Gasteiger partial charge in [0.1, 0.15) is 0 Å². The van der Waals surface area contributed by atoms with Crippen LogP contribution in [0.15, 0.2) is 30.3 Å². The van der Waals surface area contributed by atoms with Crippen molar-refractivity contribution < 1.29 is 4.79 Å². The molecular weight excluding hydrogens is 310 g/mol. The van der Waals surface area contributed by atoms with Crippen molar-refractivity contribution in [1.82, 2.24) is 15.1 Å². The first-order chi connectivity index (χ1) is 12.2. The molecule has 0 aromatic heterocycles. The summed E-state index contributed by atoms with van der Waals surface area (Å²) in [6, 6.07) is 10.4. The predicted octanol–water partition coefficient (Wildman–Crippen LogP) is 2.75. The zero-order valence-electron chi connectivity index (χ0n) is 15.8. The van der Waals surface area contributed by atoms with Crippen LogP contribution in [0.25, 0.3) is 0 Å². The van der Waals surface area contributed by atoms with Crippen LogP contribution < -0.4 is 5.32 Å². The highest BCUT2D eigenvalue weighted by Crippen LogP contribution is 2.59. The van der Waals surface area contributed by atoms with Crippen molar-refractivity contribution in [3.05, 3.63) is 35.9 Å². The average molecular weight is 344 g/mol. The number of nitrogens with one attached hydrogen (secondary N) is 1. The minimum atomic E-state index is 0.259.